The fourth-order valence-electron chi connectivity index (χ4n) is 9.18. The highest BCUT2D eigenvalue weighted by Gasteiger charge is 2.51. The summed E-state index contributed by atoms with van der Waals surface area (Å²) in [5.41, 5.74) is 4.38. The van der Waals surface area contributed by atoms with E-state index in [9.17, 15) is 13.2 Å². The second kappa shape index (κ2) is 13.0. The van der Waals surface area contributed by atoms with E-state index < -0.39 is 10.0 Å². The summed E-state index contributed by atoms with van der Waals surface area (Å²) in [7, 11) is -4.12. The summed E-state index contributed by atoms with van der Waals surface area (Å²) >= 11 is 0. The van der Waals surface area contributed by atoms with Crippen LogP contribution < -0.4 is 9.46 Å². The number of amides is 1. The highest BCUT2D eigenvalue weighted by molar-refractivity contribution is 7.92. The van der Waals surface area contributed by atoms with Crippen molar-refractivity contribution in [1.29, 1.82) is 0 Å². The summed E-state index contributed by atoms with van der Waals surface area (Å²) in [4.78, 5) is 28.5. The van der Waals surface area contributed by atoms with Gasteiger partial charge >= 0.3 is 0 Å². The predicted molar refractivity (Wildman–Crippen MR) is 187 cm³/mol. The number of hydrogen-bond acceptors (Lipinski definition) is 8. The van der Waals surface area contributed by atoms with Crippen molar-refractivity contribution in [2.75, 3.05) is 37.6 Å². The average Bonchev–Trinajstić information content (AvgIpc) is 3.72. The Balaban J connectivity index is 1.21. The number of aromatic nitrogens is 2. The van der Waals surface area contributed by atoms with Crippen molar-refractivity contribution < 1.29 is 22.7 Å². The van der Waals surface area contributed by atoms with E-state index in [-0.39, 0.29) is 28.9 Å². The maximum absolute atomic E-state index is 14.6. The van der Waals surface area contributed by atoms with E-state index in [1.807, 2.05) is 43.0 Å². The molecule has 260 valence electrons. The fourth-order valence-corrected chi connectivity index (χ4v) is 10.2. The molecular weight excluding hydrogens is 639 g/mol. The van der Waals surface area contributed by atoms with Gasteiger partial charge in [0.1, 0.15) is 6.10 Å². The van der Waals surface area contributed by atoms with Crippen LogP contribution in [-0.4, -0.2) is 85.1 Å². The first kappa shape index (κ1) is 32.7. The van der Waals surface area contributed by atoms with Crippen molar-refractivity contribution in [3.8, 4) is 17.1 Å². The number of nitrogens with zero attached hydrogens (tertiary/aromatic N) is 4. The third-order valence-corrected chi connectivity index (χ3v) is 13.2. The molecular formula is C38H47N5O5S. The van der Waals surface area contributed by atoms with Gasteiger partial charge < -0.3 is 14.4 Å². The number of carbonyl (C=O) groups is 1. The number of anilines is 1. The summed E-state index contributed by atoms with van der Waals surface area (Å²) in [6.45, 7) is 7.48. The van der Waals surface area contributed by atoms with Gasteiger partial charge in [0.05, 0.1) is 16.6 Å². The van der Waals surface area contributed by atoms with Crippen molar-refractivity contribution in [3.05, 3.63) is 65.2 Å². The molecule has 0 unspecified atom stereocenters. The molecule has 11 heteroatoms. The maximum Gasteiger partial charge on any atom is 0.264 e. The SMILES string of the molecule is Cc1cccc(C)c1-c1cc2nc(n1)NS(=O)(=O)c1cccc(c1)C(=O)N(CCC1CCOCC1)[C@@H]1CN(C3CC4(CCCC4)C3)C[C@H]1O2. The molecule has 2 saturated carbocycles. The van der Waals surface area contributed by atoms with Crippen LogP contribution in [0.5, 0.6) is 5.88 Å². The third kappa shape index (κ3) is 6.45. The Labute approximate surface area is 289 Å². The quantitative estimate of drug-likeness (QED) is 0.349. The van der Waals surface area contributed by atoms with Crippen molar-refractivity contribution >= 4 is 21.9 Å². The number of nitrogens with one attached hydrogen (secondary N) is 1. The van der Waals surface area contributed by atoms with Crippen LogP contribution in [0.1, 0.15) is 79.3 Å². The third-order valence-electron chi connectivity index (χ3n) is 11.9. The second-order valence-corrected chi connectivity index (χ2v) is 16.8. The minimum Gasteiger partial charge on any atom is -0.471 e. The van der Waals surface area contributed by atoms with Gasteiger partial charge in [-0.15, -0.1) is 0 Å². The van der Waals surface area contributed by atoms with E-state index in [0.717, 1.165) is 49.2 Å². The Morgan fingerprint density at radius 3 is 2.45 bits per heavy atom. The van der Waals surface area contributed by atoms with E-state index in [1.165, 1.54) is 50.7 Å². The van der Waals surface area contributed by atoms with Gasteiger partial charge in [0.25, 0.3) is 15.9 Å². The zero-order chi connectivity index (χ0) is 33.8. The van der Waals surface area contributed by atoms with Gasteiger partial charge in [0.15, 0.2) is 0 Å². The Morgan fingerprint density at radius 2 is 1.69 bits per heavy atom. The lowest BCUT2D eigenvalue weighted by atomic mass is 9.64. The van der Waals surface area contributed by atoms with E-state index in [4.69, 9.17) is 14.5 Å². The summed E-state index contributed by atoms with van der Waals surface area (Å²) in [6.07, 6.45) is 10.2. The minimum absolute atomic E-state index is 0.00792. The average molecular weight is 686 g/mol. The molecule has 3 aromatic rings. The molecule has 8 rings (SSSR count). The molecule has 2 aliphatic carbocycles. The molecule has 2 saturated heterocycles. The monoisotopic (exact) mass is 685 g/mol. The Bertz CT molecular complexity index is 1810. The van der Waals surface area contributed by atoms with E-state index in [0.29, 0.717) is 54.1 Å². The molecule has 2 aromatic carbocycles. The zero-order valence-corrected chi connectivity index (χ0v) is 29.4. The summed E-state index contributed by atoms with van der Waals surface area (Å²) in [5.74, 6) is 0.540. The molecule has 2 atom stereocenters. The van der Waals surface area contributed by atoms with E-state index in [2.05, 4.69) is 14.6 Å². The normalized spacial score (nSPS) is 25.4. The van der Waals surface area contributed by atoms with Crippen LogP contribution in [-0.2, 0) is 14.8 Å². The number of carbonyl (C=O) groups excluding carboxylic acids is 1. The maximum atomic E-state index is 14.6. The first-order valence-electron chi connectivity index (χ1n) is 18.0. The highest BCUT2D eigenvalue weighted by atomic mass is 32.2. The molecule has 4 heterocycles. The number of aryl methyl sites for hydroxylation is 2. The Kier molecular flexibility index (Phi) is 8.64. The van der Waals surface area contributed by atoms with Crippen molar-refractivity contribution in [2.24, 2.45) is 11.3 Å². The lowest BCUT2D eigenvalue weighted by molar-refractivity contribution is 0.0111. The summed E-state index contributed by atoms with van der Waals surface area (Å²) in [5, 5.41) is 0. The van der Waals surface area contributed by atoms with E-state index >= 15 is 0 Å². The topological polar surface area (TPSA) is 114 Å². The molecule has 49 heavy (non-hydrogen) atoms. The van der Waals surface area contributed by atoms with Crippen LogP contribution in [0.3, 0.4) is 0 Å². The molecule has 1 amide bonds. The van der Waals surface area contributed by atoms with Crippen LogP contribution in [0.25, 0.3) is 11.3 Å². The molecule has 10 nitrogen and oxygen atoms in total. The van der Waals surface area contributed by atoms with Gasteiger partial charge in [0, 0.05) is 56.1 Å². The smallest absolute Gasteiger partial charge is 0.264 e. The molecule has 5 aliphatic rings. The summed E-state index contributed by atoms with van der Waals surface area (Å²) < 4.78 is 42.6. The molecule has 1 N–H and O–H groups in total. The van der Waals surface area contributed by atoms with E-state index in [1.54, 1.807) is 12.1 Å². The predicted octanol–water partition coefficient (Wildman–Crippen LogP) is 5.99. The van der Waals surface area contributed by atoms with Gasteiger partial charge in [-0.05, 0) is 99.5 Å². The number of ether oxygens (including phenoxy) is 2. The largest absolute Gasteiger partial charge is 0.471 e. The zero-order valence-electron chi connectivity index (χ0n) is 28.6. The Hall–Kier alpha value is -3.54. The van der Waals surface area contributed by atoms with Gasteiger partial charge in [-0.2, -0.15) is 4.98 Å². The first-order chi connectivity index (χ1) is 23.7. The molecule has 3 aliphatic heterocycles. The van der Waals surface area contributed by atoms with Gasteiger partial charge in [-0.3, -0.25) is 9.69 Å². The molecule has 4 bridgehead atoms. The van der Waals surface area contributed by atoms with Crippen LogP contribution in [0.2, 0.25) is 0 Å². The lowest BCUT2D eigenvalue weighted by Crippen LogP contribution is -2.51. The summed E-state index contributed by atoms with van der Waals surface area (Å²) in [6, 6.07) is 14.4. The first-order valence-corrected chi connectivity index (χ1v) is 19.5. The van der Waals surface area contributed by atoms with Crippen LogP contribution in [0.4, 0.5) is 5.95 Å². The Morgan fingerprint density at radius 1 is 0.959 bits per heavy atom. The van der Waals surface area contributed by atoms with Crippen LogP contribution in [0, 0.1) is 25.2 Å². The van der Waals surface area contributed by atoms with Gasteiger partial charge in [-0.25, -0.2) is 18.1 Å². The van der Waals surface area contributed by atoms with Crippen LogP contribution in [0.15, 0.2) is 53.4 Å². The number of benzene rings is 2. The highest BCUT2D eigenvalue weighted by Crippen LogP contribution is 2.55. The van der Waals surface area contributed by atoms with Crippen molar-refractivity contribution in [3.63, 3.8) is 0 Å². The molecule has 1 aromatic heterocycles. The molecule has 4 fully saturated rings. The minimum atomic E-state index is -4.12. The second-order valence-electron chi connectivity index (χ2n) is 15.1. The number of hydrogen-bond donors (Lipinski definition) is 1. The van der Waals surface area contributed by atoms with Gasteiger partial charge in [0.2, 0.25) is 11.8 Å². The van der Waals surface area contributed by atoms with Crippen molar-refractivity contribution in [1.82, 2.24) is 19.8 Å². The number of fused-ring (bicyclic) bond motifs is 5. The standard InChI is InChI=1S/C38H47N5O5S/c1-25-7-5-8-26(2)35(25)31-20-34-40-37(39-31)41-49(45,46)30-10-6-9-28(19-30)36(44)43(16-11-27-12-17-47-18-13-27)32-23-42(24-33(32)48-34)29-21-38(22-29)14-3-4-15-38/h5-10,19-20,27,29,32-33H,3-4,11-18,21-24H2,1-2H3,(H,39,40,41)/t32-,33-/m1/s1. The van der Waals surface area contributed by atoms with Gasteiger partial charge in [-0.1, -0.05) is 37.1 Å². The fraction of sp³-hybridized carbons (Fsp3) is 0.553. The number of rotatable bonds is 5. The lowest BCUT2D eigenvalue weighted by Gasteiger charge is -2.49. The molecule has 0 radical (unpaired) electrons. The number of likely N-dealkylation sites (tertiary alicyclic amines) is 1. The number of sulfonamides is 1. The van der Waals surface area contributed by atoms with Crippen molar-refractivity contribution in [2.45, 2.75) is 94.7 Å². The van der Waals surface area contributed by atoms with Crippen LogP contribution >= 0.6 is 0 Å². The molecule has 1 spiro atoms.